The third-order valence-corrected chi connectivity index (χ3v) is 4.16. The average Bonchev–Trinajstić information content (AvgIpc) is 3.25. The maximum absolute atomic E-state index is 5.99. The highest BCUT2D eigenvalue weighted by Gasteiger charge is 2.21. The van der Waals surface area contributed by atoms with Crippen LogP contribution in [0.5, 0.6) is 5.75 Å². The van der Waals surface area contributed by atoms with Crippen molar-refractivity contribution in [2.24, 2.45) is 5.92 Å². The summed E-state index contributed by atoms with van der Waals surface area (Å²) in [6, 6.07) is 5.32. The van der Waals surface area contributed by atoms with Gasteiger partial charge in [-0.3, -0.25) is 0 Å². The largest absolute Gasteiger partial charge is 0.493 e. The highest BCUT2D eigenvalue weighted by Crippen LogP contribution is 2.33. The van der Waals surface area contributed by atoms with E-state index in [9.17, 15) is 0 Å². The Labute approximate surface area is 116 Å². The maximum atomic E-state index is 5.99. The quantitative estimate of drug-likeness (QED) is 0.805. The van der Waals surface area contributed by atoms with Crippen LogP contribution in [0.25, 0.3) is 0 Å². The molecule has 0 aromatic heterocycles. The van der Waals surface area contributed by atoms with Crippen molar-refractivity contribution in [3.63, 3.8) is 0 Å². The molecule has 0 unspecified atom stereocenters. The molecule has 1 aromatic carbocycles. The van der Waals surface area contributed by atoms with Gasteiger partial charge in [-0.25, -0.2) is 0 Å². The molecule has 2 heteroatoms. The van der Waals surface area contributed by atoms with Gasteiger partial charge in [0.2, 0.25) is 0 Å². The first-order valence-electron chi connectivity index (χ1n) is 7.68. The van der Waals surface area contributed by atoms with E-state index >= 15 is 0 Å². The summed E-state index contributed by atoms with van der Waals surface area (Å²) in [6.45, 7) is 6.21. The Bertz CT molecular complexity index is 424. The van der Waals surface area contributed by atoms with E-state index in [2.05, 4.69) is 31.3 Å². The number of benzene rings is 1. The normalized spacial score (nSPS) is 18.6. The molecule has 19 heavy (non-hydrogen) atoms. The van der Waals surface area contributed by atoms with Gasteiger partial charge < -0.3 is 10.1 Å². The van der Waals surface area contributed by atoms with Crippen LogP contribution in [0.3, 0.4) is 0 Å². The van der Waals surface area contributed by atoms with Crippen LogP contribution in [0.15, 0.2) is 12.1 Å². The zero-order valence-electron chi connectivity index (χ0n) is 12.2. The van der Waals surface area contributed by atoms with E-state index in [-0.39, 0.29) is 0 Å². The standard InChI is InChI=1S/C17H25NO/c1-12-9-15(11-18-16-5-6-16)10-13(2)17(12)19-8-7-14-3-4-14/h9-10,14,16,18H,3-8,11H2,1-2H3. The number of nitrogens with one attached hydrogen (secondary N) is 1. The van der Waals surface area contributed by atoms with Crippen LogP contribution in [0.1, 0.15) is 48.8 Å². The van der Waals surface area contributed by atoms with Gasteiger partial charge in [-0.1, -0.05) is 25.0 Å². The summed E-state index contributed by atoms with van der Waals surface area (Å²) in [4.78, 5) is 0. The predicted octanol–water partition coefficient (Wildman–Crippen LogP) is 3.73. The van der Waals surface area contributed by atoms with Gasteiger partial charge in [-0.15, -0.1) is 0 Å². The SMILES string of the molecule is Cc1cc(CNC2CC2)cc(C)c1OCCC1CC1. The van der Waals surface area contributed by atoms with Crippen molar-refractivity contribution in [2.75, 3.05) is 6.61 Å². The van der Waals surface area contributed by atoms with Crippen LogP contribution in [0.2, 0.25) is 0 Å². The Kier molecular flexibility index (Phi) is 3.79. The molecule has 0 radical (unpaired) electrons. The smallest absolute Gasteiger partial charge is 0.125 e. The van der Waals surface area contributed by atoms with Gasteiger partial charge in [0.15, 0.2) is 0 Å². The molecule has 104 valence electrons. The first kappa shape index (κ1) is 13.0. The van der Waals surface area contributed by atoms with Gasteiger partial charge in [0.25, 0.3) is 0 Å². The molecule has 0 aliphatic heterocycles. The zero-order chi connectivity index (χ0) is 13.2. The Morgan fingerprint density at radius 1 is 1.11 bits per heavy atom. The summed E-state index contributed by atoms with van der Waals surface area (Å²) in [5.41, 5.74) is 3.95. The lowest BCUT2D eigenvalue weighted by Gasteiger charge is -2.14. The Balaban J connectivity index is 1.58. The molecule has 0 heterocycles. The molecular formula is C17H25NO. The van der Waals surface area contributed by atoms with E-state index in [0.717, 1.165) is 30.9 Å². The van der Waals surface area contributed by atoms with Crippen molar-refractivity contribution >= 4 is 0 Å². The van der Waals surface area contributed by atoms with Crippen LogP contribution >= 0.6 is 0 Å². The number of hydrogen-bond acceptors (Lipinski definition) is 2. The molecule has 0 bridgehead atoms. The van der Waals surface area contributed by atoms with Gasteiger partial charge in [-0.05, 0) is 55.7 Å². The van der Waals surface area contributed by atoms with Crippen molar-refractivity contribution in [3.8, 4) is 5.75 Å². The van der Waals surface area contributed by atoms with Crippen molar-refractivity contribution in [1.82, 2.24) is 5.32 Å². The summed E-state index contributed by atoms with van der Waals surface area (Å²) < 4.78 is 5.99. The lowest BCUT2D eigenvalue weighted by atomic mass is 10.1. The van der Waals surface area contributed by atoms with E-state index in [1.807, 2.05) is 0 Å². The molecule has 2 aliphatic rings. The Hall–Kier alpha value is -1.02. The van der Waals surface area contributed by atoms with E-state index in [1.165, 1.54) is 48.8 Å². The highest BCUT2D eigenvalue weighted by atomic mass is 16.5. The summed E-state index contributed by atoms with van der Waals surface area (Å²) in [7, 11) is 0. The number of rotatable bonds is 7. The van der Waals surface area contributed by atoms with Crippen LogP contribution < -0.4 is 10.1 Å². The van der Waals surface area contributed by atoms with E-state index in [0.29, 0.717) is 0 Å². The molecule has 2 aliphatic carbocycles. The fourth-order valence-electron chi connectivity index (χ4n) is 2.65. The van der Waals surface area contributed by atoms with Crippen molar-refractivity contribution in [1.29, 1.82) is 0 Å². The summed E-state index contributed by atoms with van der Waals surface area (Å²) in [5, 5.41) is 3.57. The molecule has 0 spiro atoms. The zero-order valence-corrected chi connectivity index (χ0v) is 12.2. The minimum absolute atomic E-state index is 0.773. The van der Waals surface area contributed by atoms with Crippen molar-refractivity contribution < 1.29 is 4.74 Å². The van der Waals surface area contributed by atoms with Gasteiger partial charge in [-0.2, -0.15) is 0 Å². The second kappa shape index (κ2) is 5.54. The third-order valence-electron chi connectivity index (χ3n) is 4.16. The minimum Gasteiger partial charge on any atom is -0.493 e. The molecule has 0 saturated heterocycles. The molecule has 2 nitrogen and oxygen atoms in total. The molecule has 3 rings (SSSR count). The fourth-order valence-corrected chi connectivity index (χ4v) is 2.65. The third kappa shape index (κ3) is 3.73. The van der Waals surface area contributed by atoms with Crippen LogP contribution in [0, 0.1) is 19.8 Å². The highest BCUT2D eigenvalue weighted by molar-refractivity contribution is 5.43. The molecule has 0 atom stereocenters. The summed E-state index contributed by atoms with van der Waals surface area (Å²) in [6.07, 6.45) is 6.74. The van der Waals surface area contributed by atoms with Gasteiger partial charge in [0, 0.05) is 12.6 Å². The Morgan fingerprint density at radius 3 is 2.37 bits per heavy atom. The molecular weight excluding hydrogens is 234 g/mol. The van der Waals surface area contributed by atoms with Gasteiger partial charge in [0.05, 0.1) is 6.61 Å². The molecule has 0 amide bonds. The predicted molar refractivity (Wildman–Crippen MR) is 78.6 cm³/mol. The van der Waals surface area contributed by atoms with E-state index < -0.39 is 0 Å². The Morgan fingerprint density at radius 2 is 1.79 bits per heavy atom. The lowest BCUT2D eigenvalue weighted by Crippen LogP contribution is -2.15. The molecule has 2 saturated carbocycles. The van der Waals surface area contributed by atoms with Gasteiger partial charge >= 0.3 is 0 Å². The topological polar surface area (TPSA) is 21.3 Å². The van der Waals surface area contributed by atoms with E-state index in [4.69, 9.17) is 4.74 Å². The lowest BCUT2D eigenvalue weighted by molar-refractivity contribution is 0.298. The van der Waals surface area contributed by atoms with Crippen molar-refractivity contribution in [2.45, 2.75) is 58.5 Å². The number of hydrogen-bond donors (Lipinski definition) is 1. The number of ether oxygens (including phenoxy) is 1. The summed E-state index contributed by atoms with van der Waals surface area (Å²) >= 11 is 0. The molecule has 1 aromatic rings. The van der Waals surface area contributed by atoms with Gasteiger partial charge in [0.1, 0.15) is 5.75 Å². The monoisotopic (exact) mass is 259 g/mol. The maximum Gasteiger partial charge on any atom is 0.125 e. The second-order valence-electron chi connectivity index (χ2n) is 6.29. The van der Waals surface area contributed by atoms with Crippen LogP contribution in [-0.4, -0.2) is 12.6 Å². The average molecular weight is 259 g/mol. The summed E-state index contributed by atoms with van der Waals surface area (Å²) in [5.74, 6) is 2.05. The van der Waals surface area contributed by atoms with Crippen LogP contribution in [-0.2, 0) is 6.54 Å². The first-order valence-corrected chi connectivity index (χ1v) is 7.68. The fraction of sp³-hybridized carbons (Fsp3) is 0.647. The second-order valence-corrected chi connectivity index (χ2v) is 6.29. The minimum atomic E-state index is 0.773. The van der Waals surface area contributed by atoms with Crippen LogP contribution in [0.4, 0.5) is 0 Å². The van der Waals surface area contributed by atoms with E-state index in [1.54, 1.807) is 0 Å². The number of aryl methyl sites for hydroxylation is 2. The first-order chi connectivity index (χ1) is 9.22. The molecule has 1 N–H and O–H groups in total. The van der Waals surface area contributed by atoms with Crippen molar-refractivity contribution in [3.05, 3.63) is 28.8 Å². The molecule has 2 fully saturated rings.